The van der Waals surface area contributed by atoms with Gasteiger partial charge in [-0.3, -0.25) is 4.79 Å². The smallest absolute Gasteiger partial charge is 0.416 e. The highest BCUT2D eigenvalue weighted by Gasteiger charge is 2.31. The Morgan fingerprint density at radius 3 is 1.75 bits per heavy atom. The third-order valence-corrected chi connectivity index (χ3v) is 5.49. The van der Waals surface area contributed by atoms with Crippen molar-refractivity contribution in [1.29, 1.82) is 0 Å². The number of hydrogen-bond acceptors (Lipinski definition) is 2. The van der Waals surface area contributed by atoms with Crippen LogP contribution in [-0.2, 0) is 23.6 Å². The van der Waals surface area contributed by atoms with Gasteiger partial charge in [0.2, 0.25) is 0 Å². The molecule has 0 aromatic heterocycles. The largest absolute Gasteiger partial charge is 0.488 e. The predicted octanol–water partition coefficient (Wildman–Crippen LogP) is 7.91. The van der Waals surface area contributed by atoms with Crippen molar-refractivity contribution in [2.24, 2.45) is 0 Å². The van der Waals surface area contributed by atoms with E-state index >= 15 is 0 Å². The minimum Gasteiger partial charge on any atom is -0.488 e. The third-order valence-electron chi connectivity index (χ3n) is 5.20. The fourth-order valence-electron chi connectivity index (χ4n) is 3.36. The number of carbonyl (C=O) groups is 1. The lowest BCUT2D eigenvalue weighted by atomic mass is 9.95. The average molecular weight is 529 g/mol. The molecule has 0 saturated carbocycles. The number of benzene rings is 3. The van der Waals surface area contributed by atoms with Crippen LogP contribution in [0.1, 0.15) is 34.2 Å². The standard InChI is InChI=1S/C26H19ClF6O3/c27-22-15-16(2-12-24(34)35)1-11-23(22)36-14-13-21(17-3-7-19(8-4-17)25(28,29)30)18-5-9-20(10-6-18)26(31,32)33/h1,3-11,13,15H,2,12,14H2,(H,34,35). The maximum absolute atomic E-state index is 13.0. The highest BCUT2D eigenvalue weighted by molar-refractivity contribution is 6.32. The van der Waals surface area contributed by atoms with Crippen molar-refractivity contribution >= 4 is 23.1 Å². The van der Waals surface area contributed by atoms with E-state index in [1.165, 1.54) is 30.3 Å². The molecular formula is C26H19ClF6O3. The molecule has 0 aliphatic heterocycles. The van der Waals surface area contributed by atoms with Crippen LogP contribution >= 0.6 is 11.6 Å². The number of aliphatic carboxylic acids is 1. The van der Waals surface area contributed by atoms with Crippen molar-refractivity contribution in [2.45, 2.75) is 25.2 Å². The molecule has 0 unspecified atom stereocenters. The maximum Gasteiger partial charge on any atom is 0.416 e. The summed E-state index contributed by atoms with van der Waals surface area (Å²) in [5, 5.41) is 9.02. The van der Waals surface area contributed by atoms with Gasteiger partial charge in [-0.15, -0.1) is 0 Å². The lowest BCUT2D eigenvalue weighted by molar-refractivity contribution is -0.138. The van der Waals surface area contributed by atoms with E-state index in [-0.39, 0.29) is 30.2 Å². The fraction of sp³-hybridized carbons (Fsp3) is 0.192. The summed E-state index contributed by atoms with van der Waals surface area (Å²) >= 11 is 6.21. The van der Waals surface area contributed by atoms with Gasteiger partial charge >= 0.3 is 18.3 Å². The zero-order valence-electron chi connectivity index (χ0n) is 18.5. The second kappa shape index (κ2) is 11.1. The van der Waals surface area contributed by atoms with Crippen LogP contribution in [0.15, 0.2) is 72.8 Å². The summed E-state index contributed by atoms with van der Waals surface area (Å²) in [6.07, 6.45) is -7.33. The second-order valence-corrected chi connectivity index (χ2v) is 8.14. The molecule has 0 aliphatic carbocycles. The number of rotatable bonds is 8. The van der Waals surface area contributed by atoms with Gasteiger partial charge in [-0.05, 0) is 71.2 Å². The first kappa shape index (κ1) is 27.1. The third kappa shape index (κ3) is 7.27. The van der Waals surface area contributed by atoms with Crippen LogP contribution in [0.25, 0.3) is 5.57 Å². The highest BCUT2D eigenvalue weighted by atomic mass is 35.5. The quantitative estimate of drug-likeness (QED) is 0.302. The minimum atomic E-state index is -4.53. The first-order chi connectivity index (χ1) is 16.8. The first-order valence-electron chi connectivity index (χ1n) is 10.5. The molecule has 0 atom stereocenters. The summed E-state index contributed by atoms with van der Waals surface area (Å²) in [5.74, 6) is -0.665. The molecule has 3 aromatic carbocycles. The van der Waals surface area contributed by atoms with Gasteiger partial charge in [0.05, 0.1) is 16.1 Å². The summed E-state index contributed by atoms with van der Waals surface area (Å²) in [7, 11) is 0. The second-order valence-electron chi connectivity index (χ2n) is 7.74. The first-order valence-corrected chi connectivity index (χ1v) is 10.9. The normalized spacial score (nSPS) is 11.8. The highest BCUT2D eigenvalue weighted by Crippen LogP contribution is 2.34. The summed E-state index contributed by atoms with van der Waals surface area (Å²) in [5.41, 5.74) is 0.0446. The van der Waals surface area contributed by atoms with Gasteiger partial charge in [-0.2, -0.15) is 26.3 Å². The maximum atomic E-state index is 13.0. The van der Waals surface area contributed by atoms with Crippen LogP contribution in [-0.4, -0.2) is 17.7 Å². The van der Waals surface area contributed by atoms with Crippen LogP contribution in [0.4, 0.5) is 26.3 Å². The van der Waals surface area contributed by atoms with Gasteiger partial charge in [0.1, 0.15) is 12.4 Å². The molecule has 0 radical (unpaired) electrons. The molecule has 1 N–H and O–H groups in total. The summed E-state index contributed by atoms with van der Waals surface area (Å²) in [4.78, 5) is 10.7. The van der Waals surface area contributed by atoms with E-state index in [0.717, 1.165) is 24.3 Å². The number of ether oxygens (including phenoxy) is 1. The van der Waals surface area contributed by atoms with Crippen LogP contribution < -0.4 is 4.74 Å². The van der Waals surface area contributed by atoms with E-state index in [1.807, 2.05) is 0 Å². The summed E-state index contributed by atoms with van der Waals surface area (Å²) in [6.45, 7) is -0.0917. The van der Waals surface area contributed by atoms with Gasteiger partial charge in [-0.1, -0.05) is 41.9 Å². The van der Waals surface area contributed by atoms with Crippen molar-refractivity contribution in [3.05, 3.63) is 106 Å². The Labute approximate surface area is 207 Å². The predicted molar refractivity (Wildman–Crippen MR) is 123 cm³/mol. The number of aryl methyl sites for hydroxylation is 1. The van der Waals surface area contributed by atoms with Crippen LogP contribution in [0.5, 0.6) is 5.75 Å². The Morgan fingerprint density at radius 2 is 1.33 bits per heavy atom. The Kier molecular flexibility index (Phi) is 8.35. The van der Waals surface area contributed by atoms with E-state index < -0.39 is 29.4 Å². The molecule has 0 saturated heterocycles. The lowest BCUT2D eigenvalue weighted by Crippen LogP contribution is -2.05. The zero-order valence-corrected chi connectivity index (χ0v) is 19.2. The molecular weight excluding hydrogens is 510 g/mol. The molecule has 3 rings (SSSR count). The number of carboxylic acids is 1. The van der Waals surface area contributed by atoms with Crippen LogP contribution in [0, 0.1) is 0 Å². The molecule has 190 valence electrons. The molecule has 0 spiro atoms. The Balaban J connectivity index is 1.87. The van der Waals surface area contributed by atoms with Gasteiger partial charge in [0, 0.05) is 6.42 Å². The summed E-state index contributed by atoms with van der Waals surface area (Å²) in [6, 6.07) is 13.3. The molecule has 0 aliphatic rings. The van der Waals surface area contributed by atoms with Crippen molar-refractivity contribution in [3.63, 3.8) is 0 Å². The van der Waals surface area contributed by atoms with E-state index in [9.17, 15) is 31.1 Å². The number of carboxylic acid groups (broad SMARTS) is 1. The Morgan fingerprint density at radius 1 is 0.833 bits per heavy atom. The van der Waals surface area contributed by atoms with E-state index in [0.29, 0.717) is 22.3 Å². The lowest BCUT2D eigenvalue weighted by Gasteiger charge is -2.14. The van der Waals surface area contributed by atoms with Gasteiger partial charge < -0.3 is 9.84 Å². The number of hydrogen-bond donors (Lipinski definition) is 1. The monoisotopic (exact) mass is 528 g/mol. The Bertz CT molecular complexity index is 1170. The van der Waals surface area contributed by atoms with Crippen molar-refractivity contribution in [2.75, 3.05) is 6.61 Å². The van der Waals surface area contributed by atoms with Gasteiger partial charge in [-0.25, -0.2) is 0 Å². The van der Waals surface area contributed by atoms with Crippen molar-refractivity contribution < 1.29 is 41.0 Å². The van der Waals surface area contributed by atoms with Crippen molar-refractivity contribution in [1.82, 2.24) is 0 Å². The molecule has 36 heavy (non-hydrogen) atoms. The zero-order chi connectivity index (χ0) is 26.5. The molecule has 3 nitrogen and oxygen atoms in total. The van der Waals surface area contributed by atoms with Crippen LogP contribution in [0.2, 0.25) is 5.02 Å². The van der Waals surface area contributed by atoms with E-state index in [2.05, 4.69) is 0 Å². The summed E-state index contributed by atoms with van der Waals surface area (Å²) < 4.78 is 83.4. The minimum absolute atomic E-state index is 0.0666. The van der Waals surface area contributed by atoms with E-state index in [4.69, 9.17) is 21.4 Å². The van der Waals surface area contributed by atoms with Crippen molar-refractivity contribution in [3.8, 4) is 5.75 Å². The molecule has 10 heteroatoms. The molecule has 0 heterocycles. The average Bonchev–Trinajstić information content (AvgIpc) is 2.81. The molecule has 0 fully saturated rings. The molecule has 3 aromatic rings. The number of halogens is 7. The Hall–Kier alpha value is -3.46. The number of alkyl halides is 6. The van der Waals surface area contributed by atoms with Gasteiger partial charge in [0.25, 0.3) is 0 Å². The van der Waals surface area contributed by atoms with Gasteiger partial charge in [0.15, 0.2) is 0 Å². The molecule has 0 amide bonds. The van der Waals surface area contributed by atoms with Crippen LogP contribution in [0.3, 0.4) is 0 Å². The topological polar surface area (TPSA) is 46.5 Å². The molecule has 0 bridgehead atoms. The van der Waals surface area contributed by atoms with E-state index in [1.54, 1.807) is 18.2 Å². The fourth-order valence-corrected chi connectivity index (χ4v) is 3.62. The SMILES string of the molecule is O=C(O)CCc1ccc(OCC=C(c2ccc(C(F)(F)F)cc2)c2ccc(C(F)(F)F)cc2)c(Cl)c1.